The molecule has 2 aliphatic carbocycles. The first-order valence-corrected chi connectivity index (χ1v) is 9.88. The van der Waals surface area contributed by atoms with Crippen LogP contribution in [0.3, 0.4) is 0 Å². The van der Waals surface area contributed by atoms with E-state index in [-0.39, 0.29) is 18.4 Å². The number of carbonyl (C=O) groups is 1. The summed E-state index contributed by atoms with van der Waals surface area (Å²) in [5.74, 6) is 0.300. The number of alkyl carbamates (subject to hydrolysis) is 1. The Kier molecular flexibility index (Phi) is 4.92. The van der Waals surface area contributed by atoms with Crippen molar-refractivity contribution < 1.29 is 14.6 Å². The largest absolute Gasteiger partial charge is 0.449 e. The fourth-order valence-electron chi connectivity index (χ4n) is 4.71. The van der Waals surface area contributed by atoms with Gasteiger partial charge in [0, 0.05) is 5.92 Å². The van der Waals surface area contributed by atoms with Gasteiger partial charge in [-0.05, 0) is 41.0 Å². The summed E-state index contributed by atoms with van der Waals surface area (Å²) in [6.07, 6.45) is 3.56. The van der Waals surface area contributed by atoms with Crippen molar-refractivity contribution in [2.24, 2.45) is 5.92 Å². The quantitative estimate of drug-likeness (QED) is 0.841. The lowest BCUT2D eigenvalue weighted by Crippen LogP contribution is -2.57. The second-order valence-corrected chi connectivity index (χ2v) is 7.91. The van der Waals surface area contributed by atoms with Crippen LogP contribution in [-0.4, -0.2) is 30.0 Å². The van der Waals surface area contributed by atoms with Crippen molar-refractivity contribution in [3.63, 3.8) is 0 Å². The molecule has 142 valence electrons. The van der Waals surface area contributed by atoms with E-state index < -0.39 is 11.6 Å². The third-order valence-electron chi connectivity index (χ3n) is 6.43. The highest BCUT2D eigenvalue weighted by atomic mass is 16.5. The minimum Gasteiger partial charge on any atom is -0.449 e. The number of hydrogen-bond donors (Lipinski definition) is 2. The second kappa shape index (κ2) is 7.35. The van der Waals surface area contributed by atoms with Crippen LogP contribution >= 0.6 is 0 Å². The molecule has 0 heterocycles. The normalized spacial score (nSPS) is 24.1. The van der Waals surface area contributed by atoms with Gasteiger partial charge in [0.05, 0.1) is 12.1 Å². The van der Waals surface area contributed by atoms with E-state index in [1.165, 1.54) is 22.3 Å². The molecule has 27 heavy (non-hydrogen) atoms. The number of aliphatic hydroxyl groups is 1. The zero-order valence-electron chi connectivity index (χ0n) is 15.8. The second-order valence-electron chi connectivity index (χ2n) is 7.91. The lowest BCUT2D eigenvalue weighted by Gasteiger charge is -2.41. The summed E-state index contributed by atoms with van der Waals surface area (Å²) < 4.78 is 5.66. The number of aliphatic hydroxyl groups excluding tert-OH is 1. The van der Waals surface area contributed by atoms with Crippen molar-refractivity contribution in [3.05, 3.63) is 59.7 Å². The van der Waals surface area contributed by atoms with Gasteiger partial charge in [-0.15, -0.1) is 0 Å². The first-order valence-electron chi connectivity index (χ1n) is 9.88. The topological polar surface area (TPSA) is 58.6 Å². The van der Waals surface area contributed by atoms with Crippen LogP contribution in [0.1, 0.15) is 49.7 Å². The Bertz CT molecular complexity index is 788. The van der Waals surface area contributed by atoms with E-state index in [1.54, 1.807) is 0 Å². The summed E-state index contributed by atoms with van der Waals surface area (Å²) in [6, 6.07) is 16.6. The van der Waals surface area contributed by atoms with Crippen LogP contribution in [0, 0.1) is 5.92 Å². The molecule has 2 unspecified atom stereocenters. The number of amides is 1. The van der Waals surface area contributed by atoms with Crippen LogP contribution in [0.2, 0.25) is 0 Å². The van der Waals surface area contributed by atoms with Gasteiger partial charge in [-0.3, -0.25) is 0 Å². The molecule has 2 atom stereocenters. The van der Waals surface area contributed by atoms with Crippen molar-refractivity contribution >= 4 is 6.09 Å². The average molecular weight is 365 g/mol. The van der Waals surface area contributed by atoms with Crippen LogP contribution in [0.25, 0.3) is 11.1 Å². The molecule has 4 heteroatoms. The molecular weight excluding hydrogens is 338 g/mol. The summed E-state index contributed by atoms with van der Waals surface area (Å²) in [7, 11) is 0. The third kappa shape index (κ3) is 3.23. The van der Waals surface area contributed by atoms with Gasteiger partial charge < -0.3 is 15.2 Å². The van der Waals surface area contributed by atoms with Gasteiger partial charge in [0.25, 0.3) is 0 Å². The van der Waals surface area contributed by atoms with Gasteiger partial charge in [0.2, 0.25) is 0 Å². The third-order valence-corrected chi connectivity index (χ3v) is 6.43. The van der Waals surface area contributed by atoms with Gasteiger partial charge >= 0.3 is 6.09 Å². The van der Waals surface area contributed by atoms with Gasteiger partial charge in [-0.25, -0.2) is 4.79 Å². The molecule has 1 saturated carbocycles. The number of carbonyl (C=O) groups excluding carboxylic acids is 1. The van der Waals surface area contributed by atoms with Crippen LogP contribution in [0.4, 0.5) is 4.79 Å². The van der Waals surface area contributed by atoms with Gasteiger partial charge in [0.15, 0.2) is 0 Å². The number of ether oxygens (including phenoxy) is 1. The molecule has 0 aliphatic heterocycles. The van der Waals surface area contributed by atoms with Crippen LogP contribution in [0.5, 0.6) is 0 Å². The molecule has 4 rings (SSSR count). The molecule has 4 nitrogen and oxygen atoms in total. The highest BCUT2D eigenvalue weighted by Crippen LogP contribution is 2.44. The molecule has 1 amide bonds. The van der Waals surface area contributed by atoms with Gasteiger partial charge in [0.1, 0.15) is 6.61 Å². The molecule has 0 bridgehead atoms. The first kappa shape index (κ1) is 18.1. The Morgan fingerprint density at radius 3 is 2.33 bits per heavy atom. The smallest absolute Gasteiger partial charge is 0.407 e. The molecule has 2 N–H and O–H groups in total. The minimum absolute atomic E-state index is 0.0433. The lowest BCUT2D eigenvalue weighted by molar-refractivity contribution is 0.0608. The first-order chi connectivity index (χ1) is 13.1. The lowest BCUT2D eigenvalue weighted by atomic mass is 9.74. The van der Waals surface area contributed by atoms with E-state index in [2.05, 4.69) is 36.5 Å². The Hall–Kier alpha value is -2.33. The number of fused-ring (bicyclic) bond motifs is 3. The number of hydrogen-bond acceptors (Lipinski definition) is 3. The van der Waals surface area contributed by atoms with Gasteiger partial charge in [-0.2, -0.15) is 0 Å². The van der Waals surface area contributed by atoms with Crippen molar-refractivity contribution in [2.75, 3.05) is 13.2 Å². The van der Waals surface area contributed by atoms with Crippen molar-refractivity contribution in [1.82, 2.24) is 5.32 Å². The maximum atomic E-state index is 12.6. The zero-order valence-corrected chi connectivity index (χ0v) is 15.8. The molecule has 2 aliphatic rings. The van der Waals surface area contributed by atoms with Crippen LogP contribution in [-0.2, 0) is 4.74 Å². The summed E-state index contributed by atoms with van der Waals surface area (Å²) >= 11 is 0. The molecule has 2 aromatic carbocycles. The molecule has 0 saturated heterocycles. The maximum absolute atomic E-state index is 12.6. The van der Waals surface area contributed by atoms with Crippen LogP contribution < -0.4 is 5.32 Å². The maximum Gasteiger partial charge on any atom is 0.407 e. The molecule has 1 fully saturated rings. The molecule has 2 aromatic rings. The predicted octanol–water partition coefficient (Wildman–Crippen LogP) is 4.47. The molecule has 0 spiro atoms. The predicted molar refractivity (Wildman–Crippen MR) is 106 cm³/mol. The number of benzene rings is 2. The van der Waals surface area contributed by atoms with E-state index >= 15 is 0 Å². The van der Waals surface area contributed by atoms with E-state index in [0.717, 1.165) is 25.7 Å². The number of rotatable bonds is 4. The fourth-order valence-corrected chi connectivity index (χ4v) is 4.71. The Balaban J connectivity index is 1.48. The highest BCUT2D eigenvalue weighted by molar-refractivity contribution is 5.79. The van der Waals surface area contributed by atoms with Crippen molar-refractivity contribution in [1.29, 1.82) is 0 Å². The summed E-state index contributed by atoms with van der Waals surface area (Å²) in [5.41, 5.74) is 4.29. The van der Waals surface area contributed by atoms with Crippen LogP contribution in [0.15, 0.2) is 48.5 Å². The summed E-state index contributed by atoms with van der Waals surface area (Å²) in [4.78, 5) is 12.6. The Labute approximate surface area is 160 Å². The summed E-state index contributed by atoms with van der Waals surface area (Å²) in [5, 5.41) is 12.9. The average Bonchev–Trinajstić information content (AvgIpc) is 3.02. The van der Waals surface area contributed by atoms with Crippen molar-refractivity contribution in [2.45, 2.75) is 44.1 Å². The van der Waals surface area contributed by atoms with E-state index in [1.807, 2.05) is 24.3 Å². The highest BCUT2D eigenvalue weighted by Gasteiger charge is 2.39. The number of nitrogens with one attached hydrogen (secondary N) is 1. The summed E-state index contributed by atoms with van der Waals surface area (Å²) in [6.45, 7) is 2.35. The Morgan fingerprint density at radius 1 is 1.11 bits per heavy atom. The molecule has 0 radical (unpaired) electrons. The molecule has 0 aromatic heterocycles. The SMILES string of the molecule is CC1CCCCC1(CO)NC(=O)OCC1c2ccccc2-c2ccccc21. The Morgan fingerprint density at radius 2 is 1.74 bits per heavy atom. The van der Waals surface area contributed by atoms with Gasteiger partial charge in [-0.1, -0.05) is 68.3 Å². The van der Waals surface area contributed by atoms with E-state index in [0.29, 0.717) is 6.61 Å². The van der Waals surface area contributed by atoms with Crippen molar-refractivity contribution in [3.8, 4) is 11.1 Å². The molecular formula is C23H27NO3. The minimum atomic E-state index is -0.555. The standard InChI is InChI=1S/C23H27NO3/c1-16-8-6-7-13-23(16,15-25)24-22(26)27-14-21-19-11-4-2-9-17(19)18-10-3-5-12-20(18)21/h2-5,9-12,16,21,25H,6-8,13-15H2,1H3,(H,24,26). The van der Waals surface area contributed by atoms with E-state index in [4.69, 9.17) is 4.74 Å². The fraction of sp³-hybridized carbons (Fsp3) is 0.435. The monoisotopic (exact) mass is 365 g/mol. The zero-order chi connectivity index (χ0) is 18.9. The van der Waals surface area contributed by atoms with E-state index in [9.17, 15) is 9.90 Å².